The van der Waals surface area contributed by atoms with Crippen molar-refractivity contribution in [1.29, 1.82) is 0 Å². The predicted octanol–water partition coefficient (Wildman–Crippen LogP) is 4.16. The number of nitrogens with zero attached hydrogens (tertiary/aromatic N) is 1. The van der Waals surface area contributed by atoms with Crippen LogP contribution in [0.1, 0.15) is 40.0 Å². The largest absolute Gasteiger partial charge is 0.399 e. The summed E-state index contributed by atoms with van der Waals surface area (Å²) in [4.78, 5) is -0.0646. The molecule has 0 radical (unpaired) electrons. The lowest BCUT2D eigenvalue weighted by Crippen LogP contribution is -2.38. The minimum absolute atomic E-state index is 0.0566. The third-order valence-corrected chi connectivity index (χ3v) is 6.14. The number of nitrogen functional groups attached to an aromatic ring is 1. The summed E-state index contributed by atoms with van der Waals surface area (Å²) >= 11 is 12.1. The van der Waals surface area contributed by atoms with Crippen LogP contribution in [0.2, 0.25) is 10.0 Å². The predicted molar refractivity (Wildman–Crippen MR) is 89.4 cm³/mol. The van der Waals surface area contributed by atoms with Gasteiger partial charge in [0.05, 0.1) is 10.0 Å². The van der Waals surface area contributed by atoms with E-state index in [4.69, 9.17) is 28.9 Å². The molecule has 1 aromatic rings. The summed E-state index contributed by atoms with van der Waals surface area (Å²) in [5.74, 6) is 0. The molecule has 120 valence electrons. The number of hydrogen-bond donors (Lipinski definition) is 1. The van der Waals surface area contributed by atoms with E-state index in [1.54, 1.807) is 0 Å². The zero-order valence-electron chi connectivity index (χ0n) is 12.6. The molecule has 1 rings (SSSR count). The maximum absolute atomic E-state index is 12.8. The Balaban J connectivity index is 3.23. The minimum atomic E-state index is -3.75. The summed E-state index contributed by atoms with van der Waals surface area (Å²) in [5, 5.41) is 0.113. The molecule has 0 spiro atoms. The Bertz CT molecular complexity index is 566. The van der Waals surface area contributed by atoms with E-state index in [1.165, 1.54) is 16.4 Å². The Morgan fingerprint density at radius 2 is 1.71 bits per heavy atom. The zero-order valence-corrected chi connectivity index (χ0v) is 14.9. The van der Waals surface area contributed by atoms with Crippen molar-refractivity contribution in [2.45, 2.75) is 51.0 Å². The van der Waals surface area contributed by atoms with Crippen LogP contribution >= 0.6 is 23.2 Å². The van der Waals surface area contributed by atoms with E-state index in [0.29, 0.717) is 12.2 Å². The molecule has 0 atom stereocenters. The fourth-order valence-electron chi connectivity index (χ4n) is 2.12. The van der Waals surface area contributed by atoms with Gasteiger partial charge in [-0.15, -0.1) is 0 Å². The molecule has 21 heavy (non-hydrogen) atoms. The average Bonchev–Trinajstić information content (AvgIpc) is 2.31. The van der Waals surface area contributed by atoms with Crippen molar-refractivity contribution in [3.8, 4) is 0 Å². The first kappa shape index (κ1) is 18.6. The summed E-state index contributed by atoms with van der Waals surface area (Å²) in [6.07, 6.45) is 2.80. The van der Waals surface area contributed by atoms with Gasteiger partial charge in [-0.3, -0.25) is 0 Å². The molecular formula is C14H22Cl2N2O2S. The third-order valence-electron chi connectivity index (χ3n) is 3.15. The Morgan fingerprint density at radius 3 is 2.14 bits per heavy atom. The van der Waals surface area contributed by atoms with Crippen molar-refractivity contribution in [3.63, 3.8) is 0 Å². The highest BCUT2D eigenvalue weighted by atomic mass is 35.5. The van der Waals surface area contributed by atoms with Gasteiger partial charge in [0.25, 0.3) is 0 Å². The molecular weight excluding hydrogens is 331 g/mol. The molecule has 2 N–H and O–H groups in total. The van der Waals surface area contributed by atoms with Crippen LogP contribution in [-0.4, -0.2) is 25.3 Å². The van der Waals surface area contributed by atoms with Crippen molar-refractivity contribution in [2.75, 3.05) is 12.3 Å². The van der Waals surface area contributed by atoms with E-state index in [0.717, 1.165) is 19.3 Å². The molecule has 0 aliphatic heterocycles. The van der Waals surface area contributed by atoms with Crippen molar-refractivity contribution in [3.05, 3.63) is 22.2 Å². The summed E-state index contributed by atoms with van der Waals surface area (Å²) < 4.78 is 27.1. The van der Waals surface area contributed by atoms with Crippen molar-refractivity contribution < 1.29 is 8.42 Å². The molecule has 4 nitrogen and oxygen atoms in total. The van der Waals surface area contributed by atoms with E-state index < -0.39 is 10.0 Å². The van der Waals surface area contributed by atoms with E-state index in [-0.39, 0.29) is 21.0 Å². The first-order chi connectivity index (χ1) is 9.71. The lowest BCUT2D eigenvalue weighted by atomic mass is 10.2. The second-order valence-electron chi connectivity index (χ2n) is 5.23. The maximum Gasteiger partial charge on any atom is 0.246 e. The van der Waals surface area contributed by atoms with Crippen LogP contribution in [-0.2, 0) is 10.0 Å². The van der Waals surface area contributed by atoms with Crippen molar-refractivity contribution in [1.82, 2.24) is 4.31 Å². The topological polar surface area (TPSA) is 63.4 Å². The van der Waals surface area contributed by atoms with Crippen LogP contribution in [0.4, 0.5) is 5.69 Å². The Kier molecular flexibility index (Phi) is 6.78. The van der Waals surface area contributed by atoms with Gasteiger partial charge >= 0.3 is 0 Å². The van der Waals surface area contributed by atoms with Gasteiger partial charge < -0.3 is 5.73 Å². The molecule has 0 aliphatic carbocycles. The maximum atomic E-state index is 12.8. The number of benzene rings is 1. The monoisotopic (exact) mass is 352 g/mol. The Hall–Kier alpha value is -0.490. The number of rotatable bonds is 7. The van der Waals surface area contributed by atoms with Crippen LogP contribution < -0.4 is 5.73 Å². The molecule has 0 aliphatic rings. The normalized spacial score (nSPS) is 12.3. The lowest BCUT2D eigenvalue weighted by molar-refractivity contribution is 0.345. The van der Waals surface area contributed by atoms with Crippen LogP contribution in [0, 0.1) is 0 Å². The van der Waals surface area contributed by atoms with Crippen molar-refractivity contribution in [2.24, 2.45) is 0 Å². The highest BCUT2D eigenvalue weighted by Gasteiger charge is 2.31. The van der Waals surface area contributed by atoms with Crippen LogP contribution in [0.25, 0.3) is 0 Å². The van der Waals surface area contributed by atoms with Crippen LogP contribution in [0.15, 0.2) is 17.0 Å². The summed E-state index contributed by atoms with van der Waals surface area (Å²) in [6.45, 7) is 6.19. The van der Waals surface area contributed by atoms with E-state index in [1.807, 2.05) is 13.8 Å². The molecule has 0 saturated carbocycles. The molecule has 0 heterocycles. The molecule has 0 amide bonds. The highest BCUT2D eigenvalue weighted by Crippen LogP contribution is 2.34. The standard InChI is InChI=1S/C14H22Cl2N2O2S/c1-4-5-6-7-18(10(2)3)21(19,20)14-12(15)8-11(17)9-13(14)16/h8-10H,4-7,17H2,1-3H3. The SMILES string of the molecule is CCCCCN(C(C)C)S(=O)(=O)c1c(Cl)cc(N)cc1Cl. The number of anilines is 1. The Labute approximate surface area is 137 Å². The lowest BCUT2D eigenvalue weighted by Gasteiger charge is -2.27. The second-order valence-corrected chi connectivity index (χ2v) is 7.87. The number of nitrogens with two attached hydrogens (primary N) is 1. The van der Waals surface area contributed by atoms with Gasteiger partial charge in [0.1, 0.15) is 4.90 Å². The number of sulfonamides is 1. The molecule has 0 bridgehead atoms. The highest BCUT2D eigenvalue weighted by molar-refractivity contribution is 7.89. The fraction of sp³-hybridized carbons (Fsp3) is 0.571. The second kappa shape index (κ2) is 7.68. The van der Waals surface area contributed by atoms with Gasteiger partial charge in [0, 0.05) is 18.3 Å². The zero-order chi connectivity index (χ0) is 16.2. The number of unbranched alkanes of at least 4 members (excludes halogenated alkanes) is 2. The molecule has 0 fully saturated rings. The Morgan fingerprint density at radius 1 is 1.19 bits per heavy atom. The summed E-state index contributed by atoms with van der Waals surface area (Å²) in [5.41, 5.74) is 5.97. The molecule has 0 unspecified atom stereocenters. The summed E-state index contributed by atoms with van der Waals surface area (Å²) in [6, 6.07) is 2.65. The van der Waals surface area contributed by atoms with E-state index in [9.17, 15) is 8.42 Å². The van der Waals surface area contributed by atoms with Gasteiger partial charge in [0.15, 0.2) is 0 Å². The van der Waals surface area contributed by atoms with Gasteiger partial charge in [-0.2, -0.15) is 4.31 Å². The minimum Gasteiger partial charge on any atom is -0.399 e. The first-order valence-electron chi connectivity index (χ1n) is 6.98. The van der Waals surface area contributed by atoms with Gasteiger partial charge in [0.2, 0.25) is 10.0 Å². The van der Waals surface area contributed by atoms with E-state index >= 15 is 0 Å². The number of hydrogen-bond acceptors (Lipinski definition) is 3. The first-order valence-corrected chi connectivity index (χ1v) is 9.17. The van der Waals surface area contributed by atoms with Crippen LogP contribution in [0.5, 0.6) is 0 Å². The van der Waals surface area contributed by atoms with Crippen LogP contribution in [0.3, 0.4) is 0 Å². The van der Waals surface area contributed by atoms with E-state index in [2.05, 4.69) is 6.92 Å². The molecule has 0 aromatic heterocycles. The van der Waals surface area contributed by atoms with Gasteiger partial charge in [-0.05, 0) is 32.4 Å². The smallest absolute Gasteiger partial charge is 0.246 e. The quantitative estimate of drug-likeness (QED) is 0.591. The fourth-order valence-corrected chi connectivity index (χ4v) is 4.98. The van der Waals surface area contributed by atoms with Crippen molar-refractivity contribution >= 4 is 38.9 Å². The molecule has 7 heteroatoms. The molecule has 1 aromatic carbocycles. The number of halogens is 2. The van der Waals surface area contributed by atoms with Gasteiger partial charge in [-0.1, -0.05) is 43.0 Å². The van der Waals surface area contributed by atoms with Gasteiger partial charge in [-0.25, -0.2) is 8.42 Å². The third kappa shape index (κ3) is 4.49. The molecule has 0 saturated heterocycles. The average molecular weight is 353 g/mol. The summed E-state index contributed by atoms with van der Waals surface area (Å²) in [7, 11) is -3.75.